The number of hydrogen-bond donors (Lipinski definition) is 0. The van der Waals surface area contributed by atoms with Gasteiger partial charge in [-0.25, -0.2) is 0 Å². The second-order valence-electron chi connectivity index (χ2n) is 12.8. The Bertz CT molecular complexity index is 2580. The summed E-state index contributed by atoms with van der Waals surface area (Å²) in [6.45, 7) is 0. The summed E-state index contributed by atoms with van der Waals surface area (Å²) in [6, 6.07) is 56.9. The van der Waals surface area contributed by atoms with E-state index >= 15 is 0 Å². The summed E-state index contributed by atoms with van der Waals surface area (Å²) in [5.74, 6) is 0.318. The zero-order chi connectivity index (χ0) is 32.3. The third-order valence-corrected chi connectivity index (χ3v) is 11.5. The highest BCUT2D eigenvalue weighted by atomic mass is 32.2. The number of anilines is 3. The second kappa shape index (κ2) is 11.4. The van der Waals surface area contributed by atoms with Crippen molar-refractivity contribution in [2.45, 2.75) is 16.1 Å². The van der Waals surface area contributed by atoms with Crippen LogP contribution in [0.4, 0.5) is 17.1 Å². The van der Waals surface area contributed by atoms with Crippen molar-refractivity contribution in [3.63, 3.8) is 0 Å². The summed E-state index contributed by atoms with van der Waals surface area (Å²) < 4.78 is 6.21. The Hall–Kier alpha value is -5.77. The van der Waals surface area contributed by atoms with Crippen LogP contribution in [0.3, 0.4) is 0 Å². The largest absolute Gasteiger partial charge is 0.456 e. The van der Waals surface area contributed by atoms with E-state index in [2.05, 4.69) is 169 Å². The average molecular weight is 646 g/mol. The topological polar surface area (TPSA) is 16.4 Å². The molecule has 10 rings (SSSR count). The quantitative estimate of drug-likeness (QED) is 0.185. The van der Waals surface area contributed by atoms with Crippen LogP contribution < -0.4 is 4.90 Å². The summed E-state index contributed by atoms with van der Waals surface area (Å²) in [4.78, 5) is 3.75. The molecule has 1 aromatic heterocycles. The van der Waals surface area contributed by atoms with Gasteiger partial charge in [-0.15, -0.1) is 11.8 Å². The molecule has 8 aromatic rings. The molecule has 0 radical (unpaired) electrons. The van der Waals surface area contributed by atoms with Crippen LogP contribution in [0.5, 0.6) is 0 Å². The van der Waals surface area contributed by atoms with Gasteiger partial charge in [-0.2, -0.15) is 0 Å². The predicted molar refractivity (Wildman–Crippen MR) is 207 cm³/mol. The number of benzene rings is 7. The molecule has 0 saturated heterocycles. The maximum Gasteiger partial charge on any atom is 0.136 e. The standard InChI is InChI=1S/C46H31NOS/c1-2-9-30(10-3-1)31-17-22-34(23-18-31)47(36-26-27-37-33(29-36)21-28-43-45(37)41-12-4-6-15-42(41)48-43)35-24-19-32(20-25-35)38-13-8-14-40-39-11-5-7-16-44(39)49-46(38)40/h1-29,38,46H. The molecule has 0 bridgehead atoms. The third kappa shape index (κ3) is 4.73. The minimum Gasteiger partial charge on any atom is -0.456 e. The Kier molecular flexibility index (Phi) is 6.60. The number of fused-ring (bicyclic) bond motifs is 8. The first-order chi connectivity index (χ1) is 24.3. The van der Waals surface area contributed by atoms with Crippen molar-refractivity contribution in [3.8, 4) is 11.1 Å². The highest BCUT2D eigenvalue weighted by molar-refractivity contribution is 8.01. The molecule has 2 nitrogen and oxygen atoms in total. The zero-order valence-corrected chi connectivity index (χ0v) is 27.5. The van der Waals surface area contributed by atoms with Gasteiger partial charge in [0.2, 0.25) is 0 Å². The normalized spacial score (nSPS) is 16.5. The minimum atomic E-state index is 0.318. The molecule has 0 N–H and O–H groups in total. The SMILES string of the molecule is C1=CC(c2ccc(N(c3ccc(-c4ccccc4)cc3)c3ccc4c(ccc5oc6ccccc6c54)c3)cc2)C2Sc3ccccc3C2=C1. The molecular weight excluding hydrogens is 615 g/mol. The van der Waals surface area contributed by atoms with Crippen LogP contribution in [-0.2, 0) is 0 Å². The van der Waals surface area contributed by atoms with Crippen LogP contribution in [-0.4, -0.2) is 5.25 Å². The van der Waals surface area contributed by atoms with E-state index in [1.54, 1.807) is 0 Å². The van der Waals surface area contributed by atoms with Gasteiger partial charge < -0.3 is 9.32 Å². The van der Waals surface area contributed by atoms with Gasteiger partial charge in [-0.3, -0.25) is 0 Å². The first kappa shape index (κ1) is 28.3. The third-order valence-electron chi connectivity index (χ3n) is 10.0. The van der Waals surface area contributed by atoms with Crippen LogP contribution >= 0.6 is 11.8 Å². The van der Waals surface area contributed by atoms with Gasteiger partial charge in [0.05, 0.1) is 0 Å². The highest BCUT2D eigenvalue weighted by Crippen LogP contribution is 2.52. The van der Waals surface area contributed by atoms with Gasteiger partial charge in [0, 0.05) is 43.9 Å². The number of para-hydroxylation sites is 1. The lowest BCUT2D eigenvalue weighted by atomic mass is 9.85. The van der Waals surface area contributed by atoms with Crippen molar-refractivity contribution in [1.82, 2.24) is 0 Å². The van der Waals surface area contributed by atoms with Gasteiger partial charge in [-0.05, 0) is 93.2 Å². The van der Waals surface area contributed by atoms with E-state index < -0.39 is 0 Å². The van der Waals surface area contributed by atoms with E-state index in [0.29, 0.717) is 11.2 Å². The van der Waals surface area contributed by atoms with E-state index in [9.17, 15) is 0 Å². The van der Waals surface area contributed by atoms with E-state index in [1.807, 2.05) is 23.9 Å². The van der Waals surface area contributed by atoms with E-state index in [0.717, 1.165) is 33.6 Å². The van der Waals surface area contributed by atoms with Gasteiger partial charge in [0.1, 0.15) is 11.2 Å². The van der Waals surface area contributed by atoms with Crippen LogP contribution in [0.15, 0.2) is 185 Å². The Morgan fingerprint density at radius 2 is 1.27 bits per heavy atom. The first-order valence-electron chi connectivity index (χ1n) is 16.8. The molecule has 2 heterocycles. The number of rotatable bonds is 5. The summed E-state index contributed by atoms with van der Waals surface area (Å²) in [6.07, 6.45) is 6.91. The van der Waals surface area contributed by atoms with Crippen molar-refractivity contribution in [2.24, 2.45) is 0 Å². The van der Waals surface area contributed by atoms with Crippen LogP contribution in [0.2, 0.25) is 0 Å². The molecule has 49 heavy (non-hydrogen) atoms. The second-order valence-corrected chi connectivity index (χ2v) is 14.0. The van der Waals surface area contributed by atoms with Crippen molar-refractivity contribution < 1.29 is 4.42 Å². The maximum atomic E-state index is 6.21. The number of hydrogen-bond acceptors (Lipinski definition) is 3. The van der Waals surface area contributed by atoms with Crippen molar-refractivity contribution in [3.05, 3.63) is 187 Å². The first-order valence-corrected chi connectivity index (χ1v) is 17.7. The summed E-state index contributed by atoms with van der Waals surface area (Å²) in [5.41, 5.74) is 11.8. The lowest BCUT2D eigenvalue weighted by molar-refractivity contribution is 0.669. The smallest absolute Gasteiger partial charge is 0.136 e. The Morgan fingerprint density at radius 3 is 2.12 bits per heavy atom. The van der Waals surface area contributed by atoms with E-state index in [-0.39, 0.29) is 0 Å². The van der Waals surface area contributed by atoms with Gasteiger partial charge >= 0.3 is 0 Å². The molecule has 2 unspecified atom stereocenters. The fourth-order valence-corrected chi connectivity index (χ4v) is 9.16. The number of thioether (sulfide) groups is 1. The molecule has 1 aliphatic heterocycles. The molecule has 7 aromatic carbocycles. The van der Waals surface area contributed by atoms with Crippen molar-refractivity contribution in [2.75, 3.05) is 4.90 Å². The van der Waals surface area contributed by atoms with Crippen molar-refractivity contribution >= 4 is 67.1 Å². The molecule has 2 atom stereocenters. The average Bonchev–Trinajstić information content (AvgIpc) is 3.75. The van der Waals surface area contributed by atoms with Crippen LogP contribution in [0, 0.1) is 0 Å². The minimum absolute atomic E-state index is 0.318. The number of nitrogens with zero attached hydrogens (tertiary/aromatic N) is 1. The molecule has 2 aliphatic rings. The van der Waals surface area contributed by atoms with Gasteiger partial charge in [0.25, 0.3) is 0 Å². The summed E-state index contributed by atoms with van der Waals surface area (Å²) in [7, 11) is 0. The van der Waals surface area contributed by atoms with Crippen LogP contribution in [0.25, 0.3) is 49.4 Å². The molecular formula is C46H31NOS. The lowest BCUT2D eigenvalue weighted by Crippen LogP contribution is -2.15. The molecule has 0 amide bonds. The van der Waals surface area contributed by atoms with Crippen molar-refractivity contribution in [1.29, 1.82) is 0 Å². The van der Waals surface area contributed by atoms with Gasteiger partial charge in [-0.1, -0.05) is 121 Å². The number of furan rings is 1. The molecule has 0 fully saturated rings. The molecule has 0 saturated carbocycles. The molecule has 3 heteroatoms. The molecule has 232 valence electrons. The maximum absolute atomic E-state index is 6.21. The Morgan fingerprint density at radius 1 is 0.551 bits per heavy atom. The Balaban J connectivity index is 1.06. The fourth-order valence-electron chi connectivity index (χ4n) is 7.68. The van der Waals surface area contributed by atoms with E-state index in [1.165, 1.54) is 48.9 Å². The zero-order valence-electron chi connectivity index (χ0n) is 26.7. The molecule has 0 spiro atoms. The fraction of sp³-hybridized carbons (Fsp3) is 0.0435. The monoisotopic (exact) mass is 645 g/mol. The van der Waals surface area contributed by atoms with Crippen LogP contribution in [0.1, 0.15) is 17.0 Å². The predicted octanol–water partition coefficient (Wildman–Crippen LogP) is 13.1. The lowest BCUT2D eigenvalue weighted by Gasteiger charge is -2.28. The highest BCUT2D eigenvalue weighted by Gasteiger charge is 2.34. The number of allylic oxidation sites excluding steroid dienone is 3. The van der Waals surface area contributed by atoms with E-state index in [4.69, 9.17) is 4.42 Å². The summed E-state index contributed by atoms with van der Waals surface area (Å²) in [5, 5.41) is 5.10. The van der Waals surface area contributed by atoms with Gasteiger partial charge in [0.15, 0.2) is 0 Å². The Labute approximate surface area is 289 Å². The molecule has 1 aliphatic carbocycles. The summed E-state index contributed by atoms with van der Waals surface area (Å²) >= 11 is 1.99.